The van der Waals surface area contributed by atoms with Gasteiger partial charge in [-0.15, -0.1) is 0 Å². The number of nitrogens with zero attached hydrogens (tertiary/aromatic N) is 4. The van der Waals surface area contributed by atoms with Crippen LogP contribution in [-0.2, 0) is 11.3 Å². The molecule has 0 saturated carbocycles. The molecular weight excluding hydrogens is 446 g/mol. The number of aromatic nitrogens is 2. The van der Waals surface area contributed by atoms with E-state index in [1.807, 2.05) is 40.3 Å². The van der Waals surface area contributed by atoms with Crippen LogP contribution in [0.3, 0.4) is 0 Å². The lowest BCUT2D eigenvalue weighted by atomic mass is 9.89. The van der Waals surface area contributed by atoms with Gasteiger partial charge in [-0.3, -0.25) is 4.79 Å². The molecule has 0 spiro atoms. The van der Waals surface area contributed by atoms with E-state index in [1.165, 1.54) is 5.56 Å². The number of hydrogen-bond donors (Lipinski definition) is 1. The van der Waals surface area contributed by atoms with Crippen molar-refractivity contribution in [1.29, 1.82) is 0 Å². The average Bonchev–Trinajstić information content (AvgIpc) is 3.35. The van der Waals surface area contributed by atoms with Gasteiger partial charge in [0.1, 0.15) is 5.75 Å². The van der Waals surface area contributed by atoms with Crippen molar-refractivity contribution in [3.63, 3.8) is 0 Å². The third-order valence-electron chi connectivity index (χ3n) is 6.93. The fourth-order valence-corrected chi connectivity index (χ4v) is 4.80. The van der Waals surface area contributed by atoms with E-state index in [0.717, 1.165) is 29.7 Å². The summed E-state index contributed by atoms with van der Waals surface area (Å²) in [6.45, 7) is 4.24. The summed E-state index contributed by atoms with van der Waals surface area (Å²) in [5.74, 6) is 1.14. The number of benzene rings is 1. The van der Waals surface area contributed by atoms with Crippen molar-refractivity contribution in [2.75, 3.05) is 46.5 Å². The quantitative estimate of drug-likeness (QED) is 0.611. The van der Waals surface area contributed by atoms with Gasteiger partial charge in [0.05, 0.1) is 37.6 Å². The summed E-state index contributed by atoms with van der Waals surface area (Å²) in [6, 6.07) is 11.8. The molecule has 1 N–H and O–H groups in total. The molecule has 2 aliphatic heterocycles. The Morgan fingerprint density at radius 2 is 1.80 bits per heavy atom. The van der Waals surface area contributed by atoms with E-state index in [-0.39, 0.29) is 11.9 Å². The third-order valence-corrected chi connectivity index (χ3v) is 6.93. The second kappa shape index (κ2) is 10.4. The maximum Gasteiger partial charge on any atom is 0.317 e. The minimum absolute atomic E-state index is 0.00352. The van der Waals surface area contributed by atoms with Gasteiger partial charge in [0.15, 0.2) is 0 Å². The van der Waals surface area contributed by atoms with E-state index in [0.29, 0.717) is 57.4 Å². The van der Waals surface area contributed by atoms with Crippen molar-refractivity contribution in [3.05, 3.63) is 65.5 Å². The zero-order valence-corrected chi connectivity index (χ0v) is 20.0. The Hall–Kier alpha value is -3.59. The molecule has 5 rings (SSSR count). The highest BCUT2D eigenvalue weighted by Crippen LogP contribution is 2.29. The maximum atomic E-state index is 13.0. The molecule has 3 aromatic rings. The Morgan fingerprint density at radius 3 is 2.51 bits per heavy atom. The predicted molar refractivity (Wildman–Crippen MR) is 131 cm³/mol. The molecule has 3 amide bonds. The summed E-state index contributed by atoms with van der Waals surface area (Å²) in [5.41, 5.74) is 3.68. The topological polar surface area (TPSA) is 88.4 Å². The number of amides is 3. The smallest absolute Gasteiger partial charge is 0.317 e. The van der Waals surface area contributed by atoms with Crippen LogP contribution in [0.5, 0.6) is 5.75 Å². The number of hydrogen-bond acceptors (Lipinski definition) is 5. The lowest BCUT2D eigenvalue weighted by Crippen LogP contribution is -2.43. The number of nitrogens with one attached hydrogen (secondary N) is 1. The zero-order valence-electron chi connectivity index (χ0n) is 20.0. The van der Waals surface area contributed by atoms with Gasteiger partial charge in [-0.25, -0.2) is 9.31 Å². The number of carbonyl (C=O) groups is 2. The Bertz CT molecular complexity index is 1180. The highest BCUT2D eigenvalue weighted by molar-refractivity contribution is 6.00. The first-order valence-corrected chi connectivity index (χ1v) is 12.1. The summed E-state index contributed by atoms with van der Waals surface area (Å²) in [5, 5.41) is 7.40. The molecule has 2 aliphatic rings. The molecule has 35 heavy (non-hydrogen) atoms. The van der Waals surface area contributed by atoms with Crippen molar-refractivity contribution in [3.8, 4) is 5.75 Å². The first kappa shape index (κ1) is 23.2. The number of urea groups is 1. The number of carbonyl (C=O) groups excluding carboxylic acids is 2. The summed E-state index contributed by atoms with van der Waals surface area (Å²) >= 11 is 0. The summed E-state index contributed by atoms with van der Waals surface area (Å²) < 4.78 is 12.3. The third kappa shape index (κ3) is 5.09. The second-order valence-corrected chi connectivity index (χ2v) is 9.02. The molecule has 0 atom stereocenters. The highest BCUT2D eigenvalue weighted by atomic mass is 16.5. The average molecular weight is 478 g/mol. The summed E-state index contributed by atoms with van der Waals surface area (Å²) in [4.78, 5) is 29.4. The standard InChI is InChI=1S/C26H31N5O4/c1-34-22-4-2-19(3-5-22)17-27-26(33)30-9-6-20(7-10-30)21-8-11-31-24(16-21)23(18-28-31)25(32)29-12-14-35-15-13-29/h2-5,8,11,16,18,20H,6-7,9-10,12-15,17H2,1H3,(H,27,33). The number of morpholine rings is 1. The van der Waals surface area contributed by atoms with Crippen molar-refractivity contribution in [2.24, 2.45) is 0 Å². The molecule has 2 fully saturated rings. The molecule has 2 aromatic heterocycles. The van der Waals surface area contributed by atoms with Crippen LogP contribution in [0.1, 0.15) is 40.2 Å². The van der Waals surface area contributed by atoms with Gasteiger partial charge in [0.25, 0.3) is 5.91 Å². The number of rotatable bonds is 5. The maximum absolute atomic E-state index is 13.0. The number of ether oxygens (including phenoxy) is 2. The molecule has 0 unspecified atom stereocenters. The molecule has 9 nitrogen and oxygen atoms in total. The van der Waals surface area contributed by atoms with Crippen LogP contribution in [0.4, 0.5) is 4.79 Å². The SMILES string of the molecule is COc1ccc(CNC(=O)N2CCC(c3ccn4ncc(C(=O)N5CCOCC5)c4c3)CC2)cc1. The largest absolute Gasteiger partial charge is 0.497 e. The molecule has 9 heteroatoms. The van der Waals surface area contributed by atoms with Crippen LogP contribution in [0.15, 0.2) is 48.8 Å². The monoisotopic (exact) mass is 477 g/mol. The van der Waals surface area contributed by atoms with Gasteiger partial charge < -0.3 is 24.6 Å². The fourth-order valence-electron chi connectivity index (χ4n) is 4.80. The summed E-state index contributed by atoms with van der Waals surface area (Å²) in [6.07, 6.45) is 5.35. The van der Waals surface area contributed by atoms with E-state index in [9.17, 15) is 9.59 Å². The molecule has 184 valence electrons. The Labute approximate surface area is 204 Å². The van der Waals surface area contributed by atoms with E-state index in [1.54, 1.807) is 17.8 Å². The Balaban J connectivity index is 1.19. The number of pyridine rings is 1. The predicted octanol–water partition coefficient (Wildman–Crippen LogP) is 2.90. The second-order valence-electron chi connectivity index (χ2n) is 9.02. The van der Waals surface area contributed by atoms with Gasteiger partial charge in [-0.05, 0) is 54.2 Å². The van der Waals surface area contributed by atoms with Gasteiger partial charge >= 0.3 is 6.03 Å². The first-order valence-electron chi connectivity index (χ1n) is 12.1. The fraction of sp³-hybridized carbons (Fsp3) is 0.423. The minimum atomic E-state index is -0.0381. The number of fused-ring (bicyclic) bond motifs is 1. The van der Waals surface area contributed by atoms with Crippen LogP contribution in [0.25, 0.3) is 5.52 Å². The van der Waals surface area contributed by atoms with Crippen molar-refractivity contribution in [2.45, 2.75) is 25.3 Å². The normalized spacial score (nSPS) is 16.9. The molecule has 4 heterocycles. The summed E-state index contributed by atoms with van der Waals surface area (Å²) in [7, 11) is 1.64. The highest BCUT2D eigenvalue weighted by Gasteiger charge is 2.26. The number of likely N-dealkylation sites (tertiary alicyclic amines) is 1. The molecule has 1 aromatic carbocycles. The van der Waals surface area contributed by atoms with E-state index >= 15 is 0 Å². The molecule has 0 bridgehead atoms. The van der Waals surface area contributed by atoms with Crippen molar-refractivity contribution in [1.82, 2.24) is 24.7 Å². The van der Waals surface area contributed by atoms with E-state index < -0.39 is 0 Å². The van der Waals surface area contributed by atoms with Crippen LogP contribution in [0.2, 0.25) is 0 Å². The van der Waals surface area contributed by atoms with Crippen LogP contribution < -0.4 is 10.1 Å². The van der Waals surface area contributed by atoms with Crippen LogP contribution in [-0.4, -0.2) is 77.9 Å². The molecule has 2 saturated heterocycles. The lowest BCUT2D eigenvalue weighted by molar-refractivity contribution is 0.0304. The van der Waals surface area contributed by atoms with Gasteiger partial charge in [-0.1, -0.05) is 12.1 Å². The first-order chi connectivity index (χ1) is 17.1. The van der Waals surface area contributed by atoms with Gasteiger partial charge in [-0.2, -0.15) is 5.10 Å². The number of piperidine rings is 1. The molecule has 0 radical (unpaired) electrons. The Kier molecular flexibility index (Phi) is 6.85. The van der Waals surface area contributed by atoms with E-state index in [2.05, 4.69) is 22.5 Å². The molecular formula is C26H31N5O4. The van der Waals surface area contributed by atoms with Crippen molar-refractivity contribution >= 4 is 17.5 Å². The van der Waals surface area contributed by atoms with Gasteiger partial charge in [0.2, 0.25) is 0 Å². The minimum Gasteiger partial charge on any atom is -0.497 e. The van der Waals surface area contributed by atoms with E-state index in [4.69, 9.17) is 9.47 Å². The zero-order chi connectivity index (χ0) is 24.2. The molecule has 0 aliphatic carbocycles. The van der Waals surface area contributed by atoms with Crippen LogP contribution in [0, 0.1) is 0 Å². The van der Waals surface area contributed by atoms with Crippen molar-refractivity contribution < 1.29 is 19.1 Å². The van der Waals surface area contributed by atoms with Crippen LogP contribution >= 0.6 is 0 Å². The number of methoxy groups -OCH3 is 1. The Morgan fingerprint density at radius 1 is 1.06 bits per heavy atom. The lowest BCUT2D eigenvalue weighted by Gasteiger charge is -2.32. The van der Waals surface area contributed by atoms with Gasteiger partial charge in [0, 0.05) is 38.9 Å².